The summed E-state index contributed by atoms with van der Waals surface area (Å²) in [4.78, 5) is 12.4. The van der Waals surface area contributed by atoms with Gasteiger partial charge >= 0.3 is 5.97 Å². The van der Waals surface area contributed by atoms with E-state index in [1.165, 1.54) is 11.3 Å². The summed E-state index contributed by atoms with van der Waals surface area (Å²) in [6.45, 7) is 2.17. The third-order valence-electron chi connectivity index (χ3n) is 3.57. The summed E-state index contributed by atoms with van der Waals surface area (Å²) >= 11 is 1.25. The van der Waals surface area contributed by atoms with Gasteiger partial charge < -0.3 is 14.9 Å². The molecule has 0 aliphatic heterocycles. The second-order valence-electron chi connectivity index (χ2n) is 5.14. The van der Waals surface area contributed by atoms with Gasteiger partial charge in [0.05, 0.1) is 5.60 Å². The molecule has 1 saturated carbocycles. The Kier molecular flexibility index (Phi) is 4.47. The van der Waals surface area contributed by atoms with Crippen molar-refractivity contribution in [2.45, 2.75) is 51.0 Å². The van der Waals surface area contributed by atoms with Crippen LogP contribution in [0.5, 0.6) is 5.75 Å². The van der Waals surface area contributed by atoms with Crippen LogP contribution >= 0.6 is 11.3 Å². The van der Waals surface area contributed by atoms with Gasteiger partial charge in [0.1, 0.15) is 12.4 Å². The van der Waals surface area contributed by atoms with Crippen molar-refractivity contribution in [3.8, 4) is 5.75 Å². The molecule has 0 atom stereocenters. The number of carboxylic acid groups (broad SMARTS) is 1. The molecule has 0 radical (unpaired) electrons. The monoisotopic (exact) mass is 284 g/mol. The lowest BCUT2D eigenvalue weighted by Crippen LogP contribution is -2.38. The SMILES string of the molecule is CCc1cc(OCC2(O)CCCCC2)c(C(=O)O)s1. The number of hydrogen-bond acceptors (Lipinski definition) is 4. The van der Waals surface area contributed by atoms with Gasteiger partial charge in [-0.05, 0) is 25.3 Å². The minimum atomic E-state index is -0.963. The van der Waals surface area contributed by atoms with Crippen LogP contribution in [0.3, 0.4) is 0 Å². The smallest absolute Gasteiger partial charge is 0.349 e. The number of aliphatic hydroxyl groups is 1. The maximum atomic E-state index is 11.1. The normalized spacial score (nSPS) is 18.2. The lowest BCUT2D eigenvalue weighted by Gasteiger charge is -2.31. The fourth-order valence-electron chi connectivity index (χ4n) is 2.42. The van der Waals surface area contributed by atoms with E-state index in [1.807, 2.05) is 6.92 Å². The zero-order valence-corrected chi connectivity index (χ0v) is 12.0. The standard InChI is InChI=1S/C14H20O4S/c1-2-10-8-11(12(19-10)13(15)16)18-9-14(17)6-4-3-5-7-14/h8,17H,2-7,9H2,1H3,(H,15,16). The Morgan fingerprint density at radius 3 is 2.68 bits per heavy atom. The Hall–Kier alpha value is -1.07. The van der Waals surface area contributed by atoms with Crippen LogP contribution in [0.2, 0.25) is 0 Å². The quantitative estimate of drug-likeness (QED) is 0.872. The van der Waals surface area contributed by atoms with Gasteiger partial charge in [-0.25, -0.2) is 4.79 Å². The summed E-state index contributed by atoms with van der Waals surface area (Å²) < 4.78 is 5.60. The minimum absolute atomic E-state index is 0.188. The molecule has 1 aromatic rings. The predicted molar refractivity (Wildman–Crippen MR) is 74.2 cm³/mol. The van der Waals surface area contributed by atoms with Crippen LogP contribution in [0.25, 0.3) is 0 Å². The van der Waals surface area contributed by atoms with Crippen molar-refractivity contribution >= 4 is 17.3 Å². The fraction of sp³-hybridized carbons (Fsp3) is 0.643. The highest BCUT2D eigenvalue weighted by atomic mass is 32.1. The molecule has 0 spiro atoms. The first-order valence-electron chi connectivity index (χ1n) is 6.75. The molecule has 1 aliphatic carbocycles. The molecule has 4 nitrogen and oxygen atoms in total. The Bertz CT molecular complexity index is 446. The molecule has 1 fully saturated rings. The third kappa shape index (κ3) is 3.48. The topological polar surface area (TPSA) is 66.8 Å². The number of carboxylic acids is 1. The zero-order valence-electron chi connectivity index (χ0n) is 11.1. The van der Waals surface area contributed by atoms with Crippen molar-refractivity contribution in [2.75, 3.05) is 6.61 Å². The average Bonchev–Trinajstić information content (AvgIpc) is 2.81. The maximum absolute atomic E-state index is 11.1. The molecule has 5 heteroatoms. The fourth-order valence-corrected chi connectivity index (χ4v) is 3.30. The van der Waals surface area contributed by atoms with Crippen molar-refractivity contribution in [1.82, 2.24) is 0 Å². The number of ether oxygens (including phenoxy) is 1. The number of thiophene rings is 1. The lowest BCUT2D eigenvalue weighted by atomic mass is 9.85. The van der Waals surface area contributed by atoms with Crippen LogP contribution in [0.15, 0.2) is 6.07 Å². The molecule has 2 rings (SSSR count). The lowest BCUT2D eigenvalue weighted by molar-refractivity contribution is -0.0340. The summed E-state index contributed by atoms with van der Waals surface area (Å²) in [5, 5.41) is 19.5. The second-order valence-corrected chi connectivity index (χ2v) is 6.28. The van der Waals surface area contributed by atoms with Gasteiger partial charge in [0.25, 0.3) is 0 Å². The van der Waals surface area contributed by atoms with E-state index in [0.29, 0.717) is 5.75 Å². The molecule has 0 saturated heterocycles. The first-order valence-corrected chi connectivity index (χ1v) is 7.57. The maximum Gasteiger partial charge on any atom is 0.349 e. The van der Waals surface area contributed by atoms with Gasteiger partial charge in [0, 0.05) is 4.88 Å². The van der Waals surface area contributed by atoms with Crippen molar-refractivity contribution in [3.05, 3.63) is 15.8 Å². The van der Waals surface area contributed by atoms with E-state index < -0.39 is 11.6 Å². The number of hydrogen-bond donors (Lipinski definition) is 2. The number of rotatable bonds is 5. The van der Waals surface area contributed by atoms with E-state index in [-0.39, 0.29) is 11.5 Å². The Morgan fingerprint density at radius 2 is 2.11 bits per heavy atom. The summed E-state index contributed by atoms with van der Waals surface area (Å²) in [6, 6.07) is 1.78. The molecule has 0 amide bonds. The predicted octanol–water partition coefficient (Wildman–Crippen LogP) is 3.08. The van der Waals surface area contributed by atoms with Crippen LogP contribution in [0.4, 0.5) is 0 Å². The third-order valence-corrected chi connectivity index (χ3v) is 4.82. The largest absolute Gasteiger partial charge is 0.489 e. The van der Waals surface area contributed by atoms with Crippen LogP contribution < -0.4 is 4.74 Å². The van der Waals surface area contributed by atoms with Gasteiger partial charge in [0.2, 0.25) is 0 Å². The molecule has 106 valence electrons. The highest BCUT2D eigenvalue weighted by molar-refractivity contribution is 7.14. The van der Waals surface area contributed by atoms with E-state index in [2.05, 4.69) is 0 Å². The van der Waals surface area contributed by atoms with E-state index in [9.17, 15) is 9.90 Å². The van der Waals surface area contributed by atoms with Crippen molar-refractivity contribution < 1.29 is 19.7 Å². The molecule has 0 unspecified atom stereocenters. The number of carbonyl (C=O) groups is 1. The first kappa shape index (κ1) is 14.3. The average molecular weight is 284 g/mol. The summed E-state index contributed by atoms with van der Waals surface area (Å²) in [7, 11) is 0. The van der Waals surface area contributed by atoms with E-state index in [0.717, 1.165) is 43.4 Å². The second kappa shape index (κ2) is 5.92. The van der Waals surface area contributed by atoms with Crippen LogP contribution in [-0.4, -0.2) is 28.4 Å². The van der Waals surface area contributed by atoms with Crippen LogP contribution in [0.1, 0.15) is 53.6 Å². The van der Waals surface area contributed by atoms with Gasteiger partial charge in [-0.3, -0.25) is 0 Å². The highest BCUT2D eigenvalue weighted by Gasteiger charge is 2.30. The van der Waals surface area contributed by atoms with Crippen LogP contribution in [-0.2, 0) is 6.42 Å². The van der Waals surface area contributed by atoms with Crippen molar-refractivity contribution in [2.24, 2.45) is 0 Å². The minimum Gasteiger partial charge on any atom is -0.489 e. The molecule has 2 N–H and O–H groups in total. The molecule has 0 bridgehead atoms. The van der Waals surface area contributed by atoms with Gasteiger partial charge in [-0.2, -0.15) is 0 Å². The Balaban J connectivity index is 2.05. The summed E-state index contributed by atoms with van der Waals surface area (Å²) in [5.41, 5.74) is -0.789. The molecule has 19 heavy (non-hydrogen) atoms. The Morgan fingerprint density at radius 1 is 1.42 bits per heavy atom. The Labute approximate surface area is 117 Å². The van der Waals surface area contributed by atoms with Gasteiger partial charge in [0.15, 0.2) is 4.88 Å². The van der Waals surface area contributed by atoms with Gasteiger partial charge in [-0.1, -0.05) is 26.2 Å². The van der Waals surface area contributed by atoms with Gasteiger partial charge in [-0.15, -0.1) is 11.3 Å². The molecule has 1 aromatic heterocycles. The summed E-state index contributed by atoms with van der Waals surface area (Å²) in [5.74, 6) is -0.566. The van der Waals surface area contributed by atoms with Crippen molar-refractivity contribution in [1.29, 1.82) is 0 Å². The highest BCUT2D eigenvalue weighted by Crippen LogP contribution is 2.33. The number of aromatic carboxylic acids is 1. The molecule has 0 aromatic carbocycles. The zero-order chi connectivity index (χ0) is 13.9. The summed E-state index contributed by atoms with van der Waals surface area (Å²) in [6.07, 6.45) is 5.44. The van der Waals surface area contributed by atoms with Crippen LogP contribution in [0, 0.1) is 0 Å². The molecular formula is C14H20O4S. The van der Waals surface area contributed by atoms with E-state index in [1.54, 1.807) is 6.07 Å². The molecular weight excluding hydrogens is 264 g/mol. The van der Waals surface area contributed by atoms with Crippen molar-refractivity contribution in [3.63, 3.8) is 0 Å². The van der Waals surface area contributed by atoms with E-state index >= 15 is 0 Å². The van der Waals surface area contributed by atoms with E-state index in [4.69, 9.17) is 9.84 Å². The molecule has 1 aliphatic rings. The number of aryl methyl sites for hydroxylation is 1. The molecule has 1 heterocycles. The first-order chi connectivity index (χ1) is 9.04.